The van der Waals surface area contributed by atoms with Crippen LogP contribution in [0.3, 0.4) is 0 Å². The second-order valence-corrected chi connectivity index (χ2v) is 3.08. The van der Waals surface area contributed by atoms with Gasteiger partial charge in [-0.3, -0.25) is 0 Å². The average molecular weight is 191 g/mol. The first-order valence-electron chi connectivity index (χ1n) is 4.64. The molecule has 14 heavy (non-hydrogen) atoms. The van der Waals surface area contributed by atoms with Gasteiger partial charge in [0.05, 0.1) is 18.5 Å². The standard InChI is InChI=1S/C10H13N3O/c14-6-4-11-7-9-8-12-10-3-1-2-5-13(9)10/h1-3,5,8,11,14H,4,6-7H2. The number of nitrogens with one attached hydrogen (secondary N) is 1. The highest BCUT2D eigenvalue weighted by Gasteiger charge is 2.00. The van der Waals surface area contributed by atoms with Crippen LogP contribution in [0.4, 0.5) is 0 Å². The Morgan fingerprint density at radius 3 is 3.21 bits per heavy atom. The van der Waals surface area contributed by atoms with Gasteiger partial charge in [-0.2, -0.15) is 0 Å². The topological polar surface area (TPSA) is 49.6 Å². The summed E-state index contributed by atoms with van der Waals surface area (Å²) in [5, 5.41) is 11.7. The van der Waals surface area contributed by atoms with Crippen molar-refractivity contribution in [2.24, 2.45) is 0 Å². The highest BCUT2D eigenvalue weighted by Crippen LogP contribution is 2.04. The molecule has 0 aromatic carbocycles. The summed E-state index contributed by atoms with van der Waals surface area (Å²) >= 11 is 0. The minimum Gasteiger partial charge on any atom is -0.395 e. The van der Waals surface area contributed by atoms with Crippen LogP contribution in [0, 0.1) is 0 Å². The number of nitrogens with zero attached hydrogens (tertiary/aromatic N) is 2. The second-order valence-electron chi connectivity index (χ2n) is 3.08. The highest BCUT2D eigenvalue weighted by molar-refractivity contribution is 5.39. The number of aromatic nitrogens is 2. The fourth-order valence-electron chi connectivity index (χ4n) is 1.41. The van der Waals surface area contributed by atoms with Crippen LogP contribution in [0.5, 0.6) is 0 Å². The lowest BCUT2D eigenvalue weighted by Gasteiger charge is -2.02. The van der Waals surface area contributed by atoms with E-state index in [0.29, 0.717) is 6.54 Å². The van der Waals surface area contributed by atoms with E-state index in [0.717, 1.165) is 17.9 Å². The Hall–Kier alpha value is -1.39. The van der Waals surface area contributed by atoms with Gasteiger partial charge in [0.2, 0.25) is 0 Å². The largest absolute Gasteiger partial charge is 0.395 e. The predicted octanol–water partition coefficient (Wildman–Crippen LogP) is 0.416. The van der Waals surface area contributed by atoms with E-state index in [-0.39, 0.29) is 6.61 Å². The molecule has 2 rings (SSSR count). The van der Waals surface area contributed by atoms with Crippen molar-refractivity contribution < 1.29 is 5.11 Å². The van der Waals surface area contributed by atoms with Crippen molar-refractivity contribution in [3.8, 4) is 0 Å². The van der Waals surface area contributed by atoms with Gasteiger partial charge in [0.15, 0.2) is 0 Å². The zero-order valence-electron chi connectivity index (χ0n) is 7.85. The van der Waals surface area contributed by atoms with Gasteiger partial charge < -0.3 is 14.8 Å². The Morgan fingerprint density at radius 1 is 1.43 bits per heavy atom. The molecule has 74 valence electrons. The first kappa shape index (κ1) is 9.18. The van der Waals surface area contributed by atoms with Crippen molar-refractivity contribution in [1.29, 1.82) is 0 Å². The molecule has 2 aromatic rings. The number of aliphatic hydroxyl groups excluding tert-OH is 1. The molecule has 2 heterocycles. The summed E-state index contributed by atoms with van der Waals surface area (Å²) in [4.78, 5) is 4.26. The summed E-state index contributed by atoms with van der Waals surface area (Å²) in [6, 6.07) is 5.91. The molecule has 0 aliphatic heterocycles. The van der Waals surface area contributed by atoms with Crippen LogP contribution in [0.1, 0.15) is 5.69 Å². The zero-order chi connectivity index (χ0) is 9.80. The summed E-state index contributed by atoms with van der Waals surface area (Å²) in [5.41, 5.74) is 2.06. The molecule has 2 aromatic heterocycles. The predicted molar refractivity (Wildman–Crippen MR) is 54.0 cm³/mol. The maximum absolute atomic E-state index is 8.62. The molecule has 0 bridgehead atoms. The van der Waals surface area contributed by atoms with Gasteiger partial charge in [0.1, 0.15) is 5.65 Å². The molecule has 0 amide bonds. The van der Waals surface area contributed by atoms with Gasteiger partial charge in [0.25, 0.3) is 0 Å². The molecule has 0 radical (unpaired) electrons. The summed E-state index contributed by atoms with van der Waals surface area (Å²) in [7, 11) is 0. The lowest BCUT2D eigenvalue weighted by Crippen LogP contribution is -2.18. The van der Waals surface area contributed by atoms with E-state index in [4.69, 9.17) is 5.11 Å². The number of rotatable bonds is 4. The van der Waals surface area contributed by atoms with Crippen LogP contribution < -0.4 is 5.32 Å². The van der Waals surface area contributed by atoms with Crippen molar-refractivity contribution in [2.45, 2.75) is 6.54 Å². The minimum absolute atomic E-state index is 0.163. The zero-order valence-corrected chi connectivity index (χ0v) is 7.85. The molecule has 0 unspecified atom stereocenters. The fraction of sp³-hybridized carbons (Fsp3) is 0.300. The Labute approximate surface area is 82.2 Å². The smallest absolute Gasteiger partial charge is 0.136 e. The van der Waals surface area contributed by atoms with Gasteiger partial charge in [-0.05, 0) is 12.1 Å². The number of pyridine rings is 1. The molecule has 4 heteroatoms. The second kappa shape index (κ2) is 4.21. The molecule has 0 aliphatic carbocycles. The molecular weight excluding hydrogens is 178 g/mol. The van der Waals surface area contributed by atoms with E-state index in [1.54, 1.807) is 0 Å². The first-order valence-corrected chi connectivity index (χ1v) is 4.64. The normalized spacial score (nSPS) is 10.9. The number of fused-ring (bicyclic) bond motifs is 1. The Balaban J connectivity index is 2.17. The molecule has 2 N–H and O–H groups in total. The van der Waals surface area contributed by atoms with Crippen LogP contribution in [-0.4, -0.2) is 27.6 Å². The Kier molecular flexibility index (Phi) is 2.76. The van der Waals surface area contributed by atoms with Crippen molar-refractivity contribution in [2.75, 3.05) is 13.2 Å². The van der Waals surface area contributed by atoms with E-state index in [1.807, 2.05) is 35.0 Å². The number of aliphatic hydroxyl groups is 1. The van der Waals surface area contributed by atoms with Crippen molar-refractivity contribution in [3.05, 3.63) is 36.3 Å². The fourth-order valence-corrected chi connectivity index (χ4v) is 1.41. The van der Waals surface area contributed by atoms with Crippen LogP contribution in [0.15, 0.2) is 30.6 Å². The molecule has 0 saturated carbocycles. The monoisotopic (exact) mass is 191 g/mol. The minimum atomic E-state index is 0.163. The van der Waals surface area contributed by atoms with E-state index < -0.39 is 0 Å². The average Bonchev–Trinajstić information content (AvgIpc) is 2.63. The number of hydrogen-bond donors (Lipinski definition) is 2. The van der Waals surface area contributed by atoms with Gasteiger partial charge in [-0.1, -0.05) is 6.07 Å². The summed E-state index contributed by atoms with van der Waals surface area (Å²) in [6.07, 6.45) is 3.83. The summed E-state index contributed by atoms with van der Waals surface area (Å²) < 4.78 is 2.03. The highest BCUT2D eigenvalue weighted by atomic mass is 16.3. The third kappa shape index (κ3) is 1.76. The SMILES string of the molecule is OCCNCc1cnc2ccccn12. The first-order chi connectivity index (χ1) is 6.92. The molecule has 0 fully saturated rings. The van der Waals surface area contributed by atoms with Gasteiger partial charge >= 0.3 is 0 Å². The molecular formula is C10H13N3O. The van der Waals surface area contributed by atoms with Crippen LogP contribution in [0.2, 0.25) is 0 Å². The van der Waals surface area contributed by atoms with Gasteiger partial charge in [-0.25, -0.2) is 4.98 Å². The molecule has 0 aliphatic rings. The van der Waals surface area contributed by atoms with E-state index in [2.05, 4.69) is 10.3 Å². The van der Waals surface area contributed by atoms with Crippen LogP contribution in [0.25, 0.3) is 5.65 Å². The summed E-state index contributed by atoms with van der Waals surface area (Å²) in [6.45, 7) is 1.50. The quantitative estimate of drug-likeness (QED) is 0.688. The van der Waals surface area contributed by atoms with Crippen molar-refractivity contribution in [1.82, 2.24) is 14.7 Å². The Bertz CT molecular complexity index is 410. The third-order valence-electron chi connectivity index (χ3n) is 2.09. The van der Waals surface area contributed by atoms with Crippen LogP contribution >= 0.6 is 0 Å². The van der Waals surface area contributed by atoms with E-state index in [1.165, 1.54) is 0 Å². The van der Waals surface area contributed by atoms with Crippen LogP contribution in [-0.2, 0) is 6.54 Å². The molecule has 4 nitrogen and oxygen atoms in total. The molecule has 0 atom stereocenters. The maximum Gasteiger partial charge on any atom is 0.136 e. The van der Waals surface area contributed by atoms with Gasteiger partial charge in [-0.15, -0.1) is 0 Å². The van der Waals surface area contributed by atoms with Crippen molar-refractivity contribution in [3.63, 3.8) is 0 Å². The third-order valence-corrected chi connectivity index (χ3v) is 2.09. The molecule has 0 spiro atoms. The summed E-state index contributed by atoms with van der Waals surface area (Å²) in [5.74, 6) is 0. The van der Waals surface area contributed by atoms with Gasteiger partial charge in [0, 0.05) is 19.3 Å². The number of imidazole rings is 1. The lowest BCUT2D eigenvalue weighted by molar-refractivity contribution is 0.291. The maximum atomic E-state index is 8.62. The Morgan fingerprint density at radius 2 is 2.36 bits per heavy atom. The number of hydrogen-bond acceptors (Lipinski definition) is 3. The van der Waals surface area contributed by atoms with E-state index in [9.17, 15) is 0 Å². The van der Waals surface area contributed by atoms with Crippen molar-refractivity contribution >= 4 is 5.65 Å². The molecule has 0 saturated heterocycles. The van der Waals surface area contributed by atoms with E-state index >= 15 is 0 Å². The lowest BCUT2D eigenvalue weighted by atomic mass is 10.4.